The van der Waals surface area contributed by atoms with Crippen molar-refractivity contribution < 1.29 is 4.79 Å². The smallest absolute Gasteiger partial charge is 0.152 e. The van der Waals surface area contributed by atoms with Crippen LogP contribution in [0, 0.1) is 0 Å². The lowest BCUT2D eigenvalue weighted by atomic mass is 9.82. The Morgan fingerprint density at radius 3 is 2.75 bits per heavy atom. The van der Waals surface area contributed by atoms with E-state index in [9.17, 15) is 4.79 Å². The van der Waals surface area contributed by atoms with E-state index < -0.39 is 0 Å². The van der Waals surface area contributed by atoms with E-state index in [0.717, 1.165) is 19.3 Å². The molecule has 68 valence electrons. The number of hydrogen-bond acceptors (Lipinski definition) is 2. The standard InChI is InChI=1S/C10H17NO/c1-10(11-8-5-6-8)7-3-2-4-9(10)12/h8,11H,2-7H2,1H3/t10-/m0/s1. The minimum absolute atomic E-state index is 0.167. The van der Waals surface area contributed by atoms with Crippen molar-refractivity contribution in [3.8, 4) is 0 Å². The third-order valence-electron chi connectivity index (χ3n) is 3.05. The molecule has 0 amide bonds. The summed E-state index contributed by atoms with van der Waals surface area (Å²) in [4.78, 5) is 11.6. The molecule has 2 saturated carbocycles. The Bertz CT molecular complexity index is 198. The van der Waals surface area contributed by atoms with Gasteiger partial charge in [0.2, 0.25) is 0 Å². The molecule has 0 spiro atoms. The zero-order valence-corrected chi connectivity index (χ0v) is 7.73. The van der Waals surface area contributed by atoms with Gasteiger partial charge in [-0.05, 0) is 32.6 Å². The molecular weight excluding hydrogens is 150 g/mol. The van der Waals surface area contributed by atoms with Crippen molar-refractivity contribution in [2.24, 2.45) is 0 Å². The Morgan fingerprint density at radius 1 is 1.42 bits per heavy atom. The van der Waals surface area contributed by atoms with E-state index in [2.05, 4.69) is 12.2 Å². The topological polar surface area (TPSA) is 29.1 Å². The Balaban J connectivity index is 1.99. The van der Waals surface area contributed by atoms with Crippen molar-refractivity contribution in [3.63, 3.8) is 0 Å². The lowest BCUT2D eigenvalue weighted by molar-refractivity contribution is -0.126. The summed E-state index contributed by atoms with van der Waals surface area (Å²) in [6.07, 6.45) is 6.67. The molecule has 0 saturated heterocycles. The fourth-order valence-electron chi connectivity index (χ4n) is 2.01. The van der Waals surface area contributed by atoms with Crippen LogP contribution in [0.25, 0.3) is 0 Å². The van der Waals surface area contributed by atoms with Crippen LogP contribution in [0.4, 0.5) is 0 Å². The van der Waals surface area contributed by atoms with Gasteiger partial charge >= 0.3 is 0 Å². The van der Waals surface area contributed by atoms with Gasteiger partial charge in [-0.2, -0.15) is 0 Å². The molecule has 0 aromatic rings. The van der Waals surface area contributed by atoms with Gasteiger partial charge < -0.3 is 5.32 Å². The third-order valence-corrected chi connectivity index (χ3v) is 3.05. The molecule has 2 rings (SSSR count). The highest BCUT2D eigenvalue weighted by Crippen LogP contribution is 2.29. The number of nitrogens with one attached hydrogen (secondary N) is 1. The van der Waals surface area contributed by atoms with Gasteiger partial charge in [-0.3, -0.25) is 4.79 Å². The minimum Gasteiger partial charge on any atom is -0.302 e. The highest BCUT2D eigenvalue weighted by atomic mass is 16.1. The molecule has 0 aromatic carbocycles. The summed E-state index contributed by atoms with van der Waals surface area (Å²) in [6.45, 7) is 2.08. The zero-order valence-electron chi connectivity index (χ0n) is 7.73. The monoisotopic (exact) mass is 167 g/mol. The van der Waals surface area contributed by atoms with Gasteiger partial charge in [0.15, 0.2) is 5.78 Å². The second-order valence-electron chi connectivity index (χ2n) is 4.38. The van der Waals surface area contributed by atoms with Gasteiger partial charge in [-0.1, -0.05) is 6.42 Å². The first-order valence-electron chi connectivity index (χ1n) is 5.02. The van der Waals surface area contributed by atoms with Gasteiger partial charge in [0.1, 0.15) is 0 Å². The Morgan fingerprint density at radius 2 is 2.17 bits per heavy atom. The SMILES string of the molecule is C[C@]1(NC2CC2)CCCCC1=O. The van der Waals surface area contributed by atoms with Crippen LogP contribution in [0.2, 0.25) is 0 Å². The number of carbonyl (C=O) groups is 1. The molecule has 1 atom stereocenters. The average molecular weight is 167 g/mol. The summed E-state index contributed by atoms with van der Waals surface area (Å²) in [5.41, 5.74) is -0.167. The van der Waals surface area contributed by atoms with E-state index in [1.807, 2.05) is 0 Å². The lowest BCUT2D eigenvalue weighted by Gasteiger charge is -2.33. The molecule has 2 nitrogen and oxygen atoms in total. The van der Waals surface area contributed by atoms with Crippen molar-refractivity contribution in [3.05, 3.63) is 0 Å². The molecule has 2 aliphatic carbocycles. The summed E-state index contributed by atoms with van der Waals surface area (Å²) >= 11 is 0. The first kappa shape index (κ1) is 8.24. The van der Waals surface area contributed by atoms with Crippen molar-refractivity contribution >= 4 is 5.78 Å². The number of rotatable bonds is 2. The van der Waals surface area contributed by atoms with Gasteiger partial charge in [0, 0.05) is 12.5 Å². The number of ketones is 1. The van der Waals surface area contributed by atoms with Crippen LogP contribution >= 0.6 is 0 Å². The molecule has 0 bridgehead atoms. The zero-order chi connectivity index (χ0) is 8.60. The lowest BCUT2D eigenvalue weighted by Crippen LogP contribution is -2.52. The largest absolute Gasteiger partial charge is 0.302 e. The summed E-state index contributed by atoms with van der Waals surface area (Å²) in [7, 11) is 0. The molecular formula is C10H17NO. The minimum atomic E-state index is -0.167. The molecule has 0 unspecified atom stereocenters. The Hall–Kier alpha value is -0.370. The molecule has 2 fully saturated rings. The van der Waals surface area contributed by atoms with Crippen LogP contribution in [0.15, 0.2) is 0 Å². The number of carbonyl (C=O) groups excluding carboxylic acids is 1. The Kier molecular flexibility index (Phi) is 1.95. The van der Waals surface area contributed by atoms with Crippen molar-refractivity contribution in [2.45, 2.75) is 57.0 Å². The van der Waals surface area contributed by atoms with Gasteiger partial charge in [-0.15, -0.1) is 0 Å². The Labute approximate surface area is 73.7 Å². The molecule has 0 radical (unpaired) electrons. The van der Waals surface area contributed by atoms with Crippen LogP contribution in [0.5, 0.6) is 0 Å². The average Bonchev–Trinajstić information content (AvgIpc) is 2.79. The van der Waals surface area contributed by atoms with Crippen molar-refractivity contribution in [1.29, 1.82) is 0 Å². The van der Waals surface area contributed by atoms with E-state index in [0.29, 0.717) is 11.8 Å². The molecule has 12 heavy (non-hydrogen) atoms. The summed E-state index contributed by atoms with van der Waals surface area (Å²) in [6, 6.07) is 0.650. The highest BCUT2D eigenvalue weighted by molar-refractivity contribution is 5.88. The van der Waals surface area contributed by atoms with Crippen LogP contribution in [-0.4, -0.2) is 17.4 Å². The van der Waals surface area contributed by atoms with Crippen LogP contribution in [0.3, 0.4) is 0 Å². The summed E-state index contributed by atoms with van der Waals surface area (Å²) in [5, 5.41) is 3.47. The second-order valence-corrected chi connectivity index (χ2v) is 4.38. The highest BCUT2D eigenvalue weighted by Gasteiger charge is 2.38. The molecule has 2 heteroatoms. The number of Topliss-reactive ketones (excluding diaryl/α,β-unsaturated/α-hetero) is 1. The molecule has 2 aliphatic rings. The van der Waals surface area contributed by atoms with E-state index in [-0.39, 0.29) is 5.54 Å². The van der Waals surface area contributed by atoms with E-state index >= 15 is 0 Å². The first-order chi connectivity index (χ1) is 5.71. The van der Waals surface area contributed by atoms with E-state index in [4.69, 9.17) is 0 Å². The summed E-state index contributed by atoms with van der Waals surface area (Å²) in [5.74, 6) is 0.431. The predicted octanol–water partition coefficient (Wildman–Crippen LogP) is 1.64. The number of hydrogen-bond donors (Lipinski definition) is 1. The van der Waals surface area contributed by atoms with Crippen molar-refractivity contribution in [1.82, 2.24) is 5.32 Å². The van der Waals surface area contributed by atoms with Crippen LogP contribution in [-0.2, 0) is 4.79 Å². The molecule has 0 aromatic heterocycles. The van der Waals surface area contributed by atoms with Gasteiger partial charge in [0.25, 0.3) is 0 Å². The van der Waals surface area contributed by atoms with E-state index in [1.54, 1.807) is 0 Å². The van der Waals surface area contributed by atoms with E-state index in [1.165, 1.54) is 19.3 Å². The maximum atomic E-state index is 11.6. The molecule has 1 N–H and O–H groups in total. The van der Waals surface area contributed by atoms with Crippen LogP contribution < -0.4 is 5.32 Å². The first-order valence-corrected chi connectivity index (χ1v) is 5.02. The summed E-state index contributed by atoms with van der Waals surface area (Å²) < 4.78 is 0. The second kappa shape index (κ2) is 2.84. The normalized spacial score (nSPS) is 36.9. The van der Waals surface area contributed by atoms with Gasteiger partial charge in [-0.25, -0.2) is 0 Å². The predicted molar refractivity (Wildman–Crippen MR) is 48.0 cm³/mol. The fourth-order valence-corrected chi connectivity index (χ4v) is 2.01. The van der Waals surface area contributed by atoms with Crippen LogP contribution in [0.1, 0.15) is 45.4 Å². The maximum Gasteiger partial charge on any atom is 0.152 e. The fraction of sp³-hybridized carbons (Fsp3) is 0.900. The maximum absolute atomic E-state index is 11.6. The quantitative estimate of drug-likeness (QED) is 0.677. The molecule has 0 aliphatic heterocycles. The molecule has 0 heterocycles. The van der Waals surface area contributed by atoms with Crippen molar-refractivity contribution in [2.75, 3.05) is 0 Å². The third kappa shape index (κ3) is 1.53. The van der Waals surface area contributed by atoms with Gasteiger partial charge in [0.05, 0.1) is 5.54 Å².